The smallest absolute Gasteiger partial charge is 0.163 e. The van der Waals surface area contributed by atoms with E-state index in [0.717, 1.165) is 12.8 Å². The molecule has 0 fully saturated rings. The summed E-state index contributed by atoms with van der Waals surface area (Å²) in [4.78, 5) is 0. The molecule has 0 saturated carbocycles. The van der Waals surface area contributed by atoms with E-state index in [-0.39, 0.29) is 0 Å². The zero-order valence-corrected chi connectivity index (χ0v) is 14.6. The monoisotopic (exact) mass is 390 g/mol. The first-order valence-electron chi connectivity index (χ1n) is 6.46. The van der Waals surface area contributed by atoms with Crippen molar-refractivity contribution in [2.45, 2.75) is 62.4 Å². The molecule has 0 bridgehead atoms. The van der Waals surface area contributed by atoms with Crippen LogP contribution in [0.25, 0.3) is 0 Å². The topological polar surface area (TPSA) is 34.1 Å². The van der Waals surface area contributed by atoms with Crippen LogP contribution in [0.4, 0.5) is 0 Å². The van der Waals surface area contributed by atoms with Gasteiger partial charge < -0.3 is 0 Å². The normalized spacial score (nSPS) is 13.8. The minimum atomic E-state index is -2.94. The molecule has 17 heavy (non-hydrogen) atoms. The Kier molecular flexibility index (Phi) is 11.4. The molecule has 1 unspecified atom stereocenters. The van der Waals surface area contributed by atoms with Crippen molar-refractivity contribution in [3.8, 4) is 0 Å². The molecule has 0 saturated heterocycles. The molecular weight excluding hydrogens is 368 g/mol. The lowest BCUT2D eigenvalue weighted by Crippen LogP contribution is -2.19. The van der Waals surface area contributed by atoms with Crippen LogP contribution in [-0.4, -0.2) is 23.7 Å². The van der Waals surface area contributed by atoms with Gasteiger partial charge in [0.15, 0.2) is 9.84 Å². The number of alkyl halides is 2. The molecule has 0 aliphatic carbocycles. The van der Waals surface area contributed by atoms with Crippen LogP contribution in [0.1, 0.15) is 58.3 Å². The van der Waals surface area contributed by atoms with Crippen molar-refractivity contribution in [1.82, 2.24) is 0 Å². The molecule has 0 radical (unpaired) electrons. The van der Waals surface area contributed by atoms with Crippen molar-refractivity contribution in [2.75, 3.05) is 11.1 Å². The summed E-state index contributed by atoms with van der Waals surface area (Å²) in [6.45, 7) is 2.21. The van der Waals surface area contributed by atoms with E-state index in [1.54, 1.807) is 0 Å². The van der Waals surface area contributed by atoms with Crippen LogP contribution < -0.4 is 0 Å². The largest absolute Gasteiger partial charge is 0.228 e. The van der Waals surface area contributed by atoms with Gasteiger partial charge in [0.1, 0.15) is 4.16 Å². The van der Waals surface area contributed by atoms with Gasteiger partial charge in [0, 0.05) is 5.33 Å². The van der Waals surface area contributed by atoms with Crippen molar-refractivity contribution >= 4 is 41.7 Å². The van der Waals surface area contributed by atoms with E-state index >= 15 is 0 Å². The molecule has 0 aliphatic rings. The molecule has 5 heteroatoms. The predicted molar refractivity (Wildman–Crippen MR) is 82.9 cm³/mol. The van der Waals surface area contributed by atoms with Crippen LogP contribution in [0, 0.1) is 0 Å². The highest BCUT2D eigenvalue weighted by Gasteiger charge is 2.20. The van der Waals surface area contributed by atoms with Gasteiger partial charge in [0.2, 0.25) is 0 Å². The Labute approximate surface area is 123 Å². The standard InChI is InChI=1S/C12H24Br2O2S/c1-2-3-4-5-6-7-8-9-10-17(15,16)12(14)11-13/h12H,2-11H2,1H3. The van der Waals surface area contributed by atoms with Crippen LogP contribution in [0.3, 0.4) is 0 Å². The van der Waals surface area contributed by atoms with Gasteiger partial charge in [-0.1, -0.05) is 83.7 Å². The molecule has 0 rings (SSSR count). The van der Waals surface area contributed by atoms with Gasteiger partial charge >= 0.3 is 0 Å². The van der Waals surface area contributed by atoms with Crippen molar-refractivity contribution in [3.05, 3.63) is 0 Å². The second kappa shape index (κ2) is 10.8. The maximum Gasteiger partial charge on any atom is 0.163 e. The molecule has 0 amide bonds. The number of unbranched alkanes of at least 4 members (excludes halogenated alkanes) is 7. The number of hydrogen-bond acceptors (Lipinski definition) is 2. The van der Waals surface area contributed by atoms with Crippen LogP contribution >= 0.6 is 31.9 Å². The molecular formula is C12H24Br2O2S. The number of hydrogen-bond donors (Lipinski definition) is 0. The van der Waals surface area contributed by atoms with Crippen LogP contribution in [0.15, 0.2) is 0 Å². The molecule has 0 heterocycles. The highest BCUT2D eigenvalue weighted by atomic mass is 79.9. The molecule has 0 aromatic carbocycles. The zero-order chi connectivity index (χ0) is 13.1. The van der Waals surface area contributed by atoms with E-state index in [0.29, 0.717) is 11.1 Å². The molecule has 0 aromatic rings. The van der Waals surface area contributed by atoms with Gasteiger partial charge in [-0.05, 0) is 6.42 Å². The summed E-state index contributed by atoms with van der Waals surface area (Å²) >= 11 is 6.36. The Morgan fingerprint density at radius 3 is 1.88 bits per heavy atom. The third kappa shape index (κ3) is 9.48. The Morgan fingerprint density at radius 1 is 0.941 bits per heavy atom. The second-order valence-electron chi connectivity index (χ2n) is 4.41. The van der Waals surface area contributed by atoms with Gasteiger partial charge in [0.05, 0.1) is 5.75 Å². The van der Waals surface area contributed by atoms with Crippen molar-refractivity contribution in [1.29, 1.82) is 0 Å². The Bertz CT molecular complexity index is 266. The Morgan fingerprint density at radius 2 is 1.41 bits per heavy atom. The quantitative estimate of drug-likeness (QED) is 0.379. The molecule has 0 aromatic heterocycles. The summed E-state index contributed by atoms with van der Waals surface area (Å²) in [7, 11) is -2.94. The van der Waals surface area contributed by atoms with Gasteiger partial charge in [0.25, 0.3) is 0 Å². The van der Waals surface area contributed by atoms with E-state index in [2.05, 4.69) is 38.8 Å². The third-order valence-electron chi connectivity index (χ3n) is 2.79. The van der Waals surface area contributed by atoms with Crippen molar-refractivity contribution in [2.24, 2.45) is 0 Å². The predicted octanol–water partition coefficient (Wildman–Crippen LogP) is 4.66. The van der Waals surface area contributed by atoms with E-state index in [4.69, 9.17) is 0 Å². The fourth-order valence-electron chi connectivity index (χ4n) is 1.66. The highest BCUT2D eigenvalue weighted by molar-refractivity contribution is 9.13. The molecule has 0 N–H and O–H groups in total. The van der Waals surface area contributed by atoms with Crippen LogP contribution in [-0.2, 0) is 9.84 Å². The first kappa shape index (κ1) is 17.9. The zero-order valence-electron chi connectivity index (χ0n) is 10.6. The Balaban J connectivity index is 3.45. The van der Waals surface area contributed by atoms with E-state index in [9.17, 15) is 8.42 Å². The first-order chi connectivity index (χ1) is 8.04. The molecule has 0 aliphatic heterocycles. The summed E-state index contributed by atoms with van der Waals surface area (Å²) in [6.07, 6.45) is 9.46. The third-order valence-corrected chi connectivity index (χ3v) is 8.57. The summed E-state index contributed by atoms with van der Waals surface area (Å²) in [5, 5.41) is 0.465. The summed E-state index contributed by atoms with van der Waals surface area (Å²) in [5.74, 6) is 0.309. The summed E-state index contributed by atoms with van der Waals surface area (Å²) < 4.78 is 22.9. The lowest BCUT2D eigenvalue weighted by Gasteiger charge is -2.08. The molecule has 1 atom stereocenters. The number of rotatable bonds is 11. The highest BCUT2D eigenvalue weighted by Crippen LogP contribution is 2.16. The maximum atomic E-state index is 11.7. The summed E-state index contributed by atoms with van der Waals surface area (Å²) in [5.41, 5.74) is 0. The second-order valence-corrected chi connectivity index (χ2v) is 9.07. The average Bonchev–Trinajstić information content (AvgIpc) is 2.31. The van der Waals surface area contributed by atoms with Gasteiger partial charge in [-0.2, -0.15) is 0 Å². The van der Waals surface area contributed by atoms with Gasteiger partial charge in [-0.3, -0.25) is 0 Å². The lowest BCUT2D eigenvalue weighted by molar-refractivity contribution is 0.572. The van der Waals surface area contributed by atoms with Crippen molar-refractivity contribution in [3.63, 3.8) is 0 Å². The minimum absolute atomic E-state index is 0.309. The number of halogens is 2. The fraction of sp³-hybridized carbons (Fsp3) is 1.00. The first-order valence-corrected chi connectivity index (χ1v) is 10.2. The fourth-order valence-corrected chi connectivity index (χ4v) is 4.48. The molecule has 2 nitrogen and oxygen atoms in total. The van der Waals surface area contributed by atoms with Crippen LogP contribution in [0.5, 0.6) is 0 Å². The SMILES string of the molecule is CCCCCCCCCCS(=O)(=O)C(Br)CBr. The van der Waals surface area contributed by atoms with E-state index in [1.807, 2.05) is 0 Å². The molecule has 104 valence electrons. The Hall–Kier alpha value is 0.910. The van der Waals surface area contributed by atoms with E-state index < -0.39 is 14.0 Å². The number of sulfone groups is 1. The summed E-state index contributed by atoms with van der Waals surface area (Å²) in [6, 6.07) is 0. The minimum Gasteiger partial charge on any atom is -0.228 e. The van der Waals surface area contributed by atoms with Gasteiger partial charge in [-0.15, -0.1) is 0 Å². The maximum absolute atomic E-state index is 11.7. The van der Waals surface area contributed by atoms with Crippen molar-refractivity contribution < 1.29 is 8.42 Å². The molecule has 0 spiro atoms. The lowest BCUT2D eigenvalue weighted by atomic mass is 10.1. The van der Waals surface area contributed by atoms with E-state index in [1.165, 1.54) is 38.5 Å². The van der Waals surface area contributed by atoms with Gasteiger partial charge in [-0.25, -0.2) is 8.42 Å². The average molecular weight is 392 g/mol. The van der Waals surface area contributed by atoms with Crippen LogP contribution in [0.2, 0.25) is 0 Å².